The van der Waals surface area contributed by atoms with Crippen LogP contribution in [-0.4, -0.2) is 32.6 Å². The average molecular weight is 326 g/mol. The van der Waals surface area contributed by atoms with Crippen LogP contribution in [0.5, 0.6) is 11.5 Å². The molecule has 0 radical (unpaired) electrons. The van der Waals surface area contributed by atoms with E-state index < -0.39 is 0 Å². The standard InChI is InChI=1S/C18H18N2O4/c1-20-15-5-3-4-14(17(15)24-11-16(20)21)18(22)19-10-12-6-8-13(23-2)9-7-12/h3-9H,10-11H2,1-2H3,(H,19,22). The van der Waals surface area contributed by atoms with Gasteiger partial charge in [-0.2, -0.15) is 0 Å². The topological polar surface area (TPSA) is 67.9 Å². The minimum absolute atomic E-state index is 0.0632. The molecule has 2 aromatic carbocycles. The Kier molecular flexibility index (Phi) is 4.37. The zero-order valence-electron chi connectivity index (χ0n) is 13.5. The number of likely N-dealkylation sites (N-methyl/N-ethyl adjacent to an activating group) is 1. The van der Waals surface area contributed by atoms with Crippen LogP contribution in [0, 0.1) is 0 Å². The van der Waals surface area contributed by atoms with Crippen molar-refractivity contribution >= 4 is 17.5 Å². The van der Waals surface area contributed by atoms with Crippen molar-refractivity contribution in [2.45, 2.75) is 6.54 Å². The number of nitrogens with one attached hydrogen (secondary N) is 1. The maximum absolute atomic E-state index is 12.5. The largest absolute Gasteiger partial charge is 0.497 e. The van der Waals surface area contributed by atoms with Crippen LogP contribution in [0.1, 0.15) is 15.9 Å². The highest BCUT2D eigenvalue weighted by Gasteiger charge is 2.26. The van der Waals surface area contributed by atoms with Gasteiger partial charge in [-0.05, 0) is 29.8 Å². The van der Waals surface area contributed by atoms with E-state index >= 15 is 0 Å². The first-order chi connectivity index (χ1) is 11.6. The fraction of sp³-hybridized carbons (Fsp3) is 0.222. The minimum Gasteiger partial charge on any atom is -0.497 e. The van der Waals surface area contributed by atoms with E-state index in [1.165, 1.54) is 4.90 Å². The van der Waals surface area contributed by atoms with Gasteiger partial charge >= 0.3 is 0 Å². The van der Waals surface area contributed by atoms with Gasteiger partial charge in [0.25, 0.3) is 11.8 Å². The lowest BCUT2D eigenvalue weighted by Crippen LogP contribution is -2.36. The Morgan fingerprint density at radius 3 is 2.71 bits per heavy atom. The van der Waals surface area contributed by atoms with Crippen molar-refractivity contribution in [3.8, 4) is 11.5 Å². The van der Waals surface area contributed by atoms with Crippen molar-refractivity contribution in [3.05, 3.63) is 53.6 Å². The van der Waals surface area contributed by atoms with Gasteiger partial charge in [-0.3, -0.25) is 9.59 Å². The van der Waals surface area contributed by atoms with Gasteiger partial charge < -0.3 is 19.7 Å². The molecule has 0 unspecified atom stereocenters. The first-order valence-electron chi connectivity index (χ1n) is 7.53. The second-order valence-corrected chi connectivity index (χ2v) is 5.43. The van der Waals surface area contributed by atoms with Crippen LogP contribution in [0.4, 0.5) is 5.69 Å². The summed E-state index contributed by atoms with van der Waals surface area (Å²) in [7, 11) is 3.28. The lowest BCUT2D eigenvalue weighted by Gasteiger charge is -2.27. The highest BCUT2D eigenvalue weighted by Crippen LogP contribution is 2.34. The Balaban J connectivity index is 1.74. The zero-order valence-corrected chi connectivity index (χ0v) is 13.5. The van der Waals surface area contributed by atoms with E-state index in [4.69, 9.17) is 9.47 Å². The number of carbonyl (C=O) groups is 2. The van der Waals surface area contributed by atoms with Crippen LogP contribution in [0.2, 0.25) is 0 Å². The SMILES string of the molecule is COc1ccc(CNC(=O)c2cccc3c2OCC(=O)N3C)cc1. The van der Waals surface area contributed by atoms with Crippen LogP contribution in [0.25, 0.3) is 0 Å². The molecule has 24 heavy (non-hydrogen) atoms. The number of fused-ring (bicyclic) bond motifs is 1. The van der Waals surface area contributed by atoms with Gasteiger partial charge in [0.2, 0.25) is 0 Å². The van der Waals surface area contributed by atoms with Gasteiger partial charge in [0, 0.05) is 13.6 Å². The first kappa shape index (κ1) is 15.9. The van der Waals surface area contributed by atoms with Crippen molar-refractivity contribution in [3.63, 3.8) is 0 Å². The molecule has 0 fully saturated rings. The van der Waals surface area contributed by atoms with Gasteiger partial charge in [0.15, 0.2) is 12.4 Å². The van der Waals surface area contributed by atoms with Crippen molar-refractivity contribution in [2.75, 3.05) is 25.7 Å². The van der Waals surface area contributed by atoms with E-state index in [-0.39, 0.29) is 18.4 Å². The number of carbonyl (C=O) groups excluding carboxylic acids is 2. The molecular weight excluding hydrogens is 308 g/mol. The molecule has 3 rings (SSSR count). The molecular formula is C18H18N2O4. The summed E-state index contributed by atoms with van der Waals surface area (Å²) in [5.41, 5.74) is 1.98. The zero-order chi connectivity index (χ0) is 17.1. The molecule has 6 heteroatoms. The van der Waals surface area contributed by atoms with Crippen molar-refractivity contribution in [1.82, 2.24) is 5.32 Å². The predicted octanol–water partition coefficient (Wildman–Crippen LogP) is 1.98. The van der Waals surface area contributed by atoms with E-state index in [2.05, 4.69) is 5.32 Å². The lowest BCUT2D eigenvalue weighted by atomic mass is 10.1. The molecule has 0 aliphatic carbocycles. The van der Waals surface area contributed by atoms with Crippen LogP contribution in [0.15, 0.2) is 42.5 Å². The highest BCUT2D eigenvalue weighted by molar-refractivity contribution is 6.03. The van der Waals surface area contributed by atoms with Crippen LogP contribution in [-0.2, 0) is 11.3 Å². The van der Waals surface area contributed by atoms with Crippen molar-refractivity contribution < 1.29 is 19.1 Å². The Morgan fingerprint density at radius 1 is 1.25 bits per heavy atom. The molecule has 1 aliphatic heterocycles. The summed E-state index contributed by atoms with van der Waals surface area (Å²) in [6, 6.07) is 12.6. The summed E-state index contributed by atoms with van der Waals surface area (Å²) in [4.78, 5) is 25.7. The van der Waals surface area contributed by atoms with Gasteiger partial charge in [-0.15, -0.1) is 0 Å². The van der Waals surface area contributed by atoms with Crippen molar-refractivity contribution in [1.29, 1.82) is 0 Å². The van der Waals surface area contributed by atoms with Crippen molar-refractivity contribution in [2.24, 2.45) is 0 Å². The number of hydrogen-bond acceptors (Lipinski definition) is 4. The van der Waals surface area contributed by atoms with Crippen LogP contribution < -0.4 is 19.7 Å². The molecule has 1 N–H and O–H groups in total. The summed E-state index contributed by atoms with van der Waals surface area (Å²) in [5.74, 6) is 0.818. The monoisotopic (exact) mass is 326 g/mol. The second kappa shape index (κ2) is 6.62. The van der Waals surface area contributed by atoms with Crippen LogP contribution in [0.3, 0.4) is 0 Å². The molecule has 0 saturated carbocycles. The maximum atomic E-state index is 12.5. The molecule has 0 spiro atoms. The first-order valence-corrected chi connectivity index (χ1v) is 7.53. The van der Waals surface area contributed by atoms with E-state index in [0.717, 1.165) is 11.3 Å². The number of methoxy groups -OCH3 is 1. The maximum Gasteiger partial charge on any atom is 0.264 e. The number of amides is 2. The third-order valence-electron chi connectivity index (χ3n) is 3.93. The molecule has 6 nitrogen and oxygen atoms in total. The summed E-state index contributed by atoms with van der Waals surface area (Å²) in [6.07, 6.45) is 0. The molecule has 0 saturated heterocycles. The van der Waals surface area contributed by atoms with Gasteiger partial charge in [-0.1, -0.05) is 18.2 Å². The third-order valence-corrected chi connectivity index (χ3v) is 3.93. The quantitative estimate of drug-likeness (QED) is 0.933. The number of ether oxygens (including phenoxy) is 2. The molecule has 0 atom stereocenters. The van der Waals surface area contributed by atoms with Gasteiger partial charge in [-0.25, -0.2) is 0 Å². The van der Waals surface area contributed by atoms with E-state index in [1.807, 2.05) is 24.3 Å². The number of rotatable bonds is 4. The normalized spacial score (nSPS) is 13.1. The molecule has 2 aromatic rings. The van der Waals surface area contributed by atoms with Gasteiger partial charge in [0.05, 0.1) is 18.4 Å². The number of benzene rings is 2. The Hall–Kier alpha value is -3.02. The predicted molar refractivity (Wildman–Crippen MR) is 89.5 cm³/mol. The Bertz CT molecular complexity index is 771. The summed E-state index contributed by atoms with van der Waals surface area (Å²) in [5, 5.41) is 2.87. The third kappa shape index (κ3) is 3.03. The fourth-order valence-corrected chi connectivity index (χ4v) is 2.51. The molecule has 2 amide bonds. The summed E-state index contributed by atoms with van der Waals surface area (Å²) < 4.78 is 10.6. The Morgan fingerprint density at radius 2 is 2.00 bits per heavy atom. The number of para-hydroxylation sites is 1. The lowest BCUT2D eigenvalue weighted by molar-refractivity contribution is -0.121. The number of anilines is 1. The van der Waals surface area contributed by atoms with E-state index in [0.29, 0.717) is 23.5 Å². The summed E-state index contributed by atoms with van der Waals surface area (Å²) >= 11 is 0. The minimum atomic E-state index is -0.245. The molecule has 0 aromatic heterocycles. The molecule has 1 aliphatic rings. The van der Waals surface area contributed by atoms with E-state index in [9.17, 15) is 9.59 Å². The van der Waals surface area contributed by atoms with Crippen LogP contribution >= 0.6 is 0 Å². The van der Waals surface area contributed by atoms with E-state index in [1.54, 1.807) is 32.4 Å². The molecule has 124 valence electrons. The molecule has 1 heterocycles. The smallest absolute Gasteiger partial charge is 0.264 e. The number of nitrogens with zero attached hydrogens (tertiary/aromatic N) is 1. The molecule has 0 bridgehead atoms. The Labute approximate surface area is 140 Å². The number of hydrogen-bond donors (Lipinski definition) is 1. The average Bonchev–Trinajstić information content (AvgIpc) is 2.63. The fourth-order valence-electron chi connectivity index (χ4n) is 2.51. The van der Waals surface area contributed by atoms with Gasteiger partial charge in [0.1, 0.15) is 5.75 Å². The summed E-state index contributed by atoms with van der Waals surface area (Å²) in [6.45, 7) is 0.327. The second-order valence-electron chi connectivity index (χ2n) is 5.43. The highest BCUT2D eigenvalue weighted by atomic mass is 16.5.